The zero-order valence-electron chi connectivity index (χ0n) is 11.9. The van der Waals surface area contributed by atoms with Gasteiger partial charge in [-0.1, -0.05) is 11.3 Å². The number of carboxylic acids is 1. The maximum Gasteiger partial charge on any atom is 0.341 e. The standard InChI is InChI=1S/C15H12N2O4S/c1-8-5-6-17(13(18)12(8)14(19)20)15-16-10-4-3-9(21-2)7-11(10)22-15/h3-7H,1-2H3,(H,19,20). The zero-order chi connectivity index (χ0) is 15.9. The molecule has 3 rings (SSSR count). The molecule has 1 N–H and O–H groups in total. The number of hydrogen-bond acceptors (Lipinski definition) is 5. The van der Waals surface area contributed by atoms with E-state index >= 15 is 0 Å². The summed E-state index contributed by atoms with van der Waals surface area (Å²) in [6, 6.07) is 7.00. The molecular formula is C15H12N2O4S. The maximum absolute atomic E-state index is 12.4. The number of fused-ring (bicyclic) bond motifs is 1. The number of benzene rings is 1. The van der Waals surface area contributed by atoms with Crippen LogP contribution in [0.2, 0.25) is 0 Å². The number of carbonyl (C=O) groups is 1. The summed E-state index contributed by atoms with van der Waals surface area (Å²) < 4.78 is 7.28. The summed E-state index contributed by atoms with van der Waals surface area (Å²) in [5.74, 6) is -0.537. The fraction of sp³-hybridized carbons (Fsp3) is 0.133. The van der Waals surface area contributed by atoms with Crippen LogP contribution in [0.1, 0.15) is 15.9 Å². The molecule has 0 spiro atoms. The molecule has 0 radical (unpaired) electrons. The van der Waals surface area contributed by atoms with Crippen LogP contribution in [-0.4, -0.2) is 27.7 Å². The SMILES string of the molecule is COc1ccc2nc(-n3ccc(C)c(C(=O)O)c3=O)sc2c1. The van der Waals surface area contributed by atoms with Gasteiger partial charge in [0.05, 0.1) is 17.3 Å². The topological polar surface area (TPSA) is 81.4 Å². The lowest BCUT2D eigenvalue weighted by atomic mass is 10.1. The van der Waals surface area contributed by atoms with E-state index in [4.69, 9.17) is 4.74 Å². The Balaban J connectivity index is 2.21. The lowest BCUT2D eigenvalue weighted by Gasteiger charge is -2.04. The van der Waals surface area contributed by atoms with E-state index in [1.165, 1.54) is 15.9 Å². The van der Waals surface area contributed by atoms with Crippen molar-refractivity contribution in [3.63, 3.8) is 0 Å². The van der Waals surface area contributed by atoms with Crippen LogP contribution >= 0.6 is 11.3 Å². The van der Waals surface area contributed by atoms with Crippen molar-refractivity contribution in [1.29, 1.82) is 0 Å². The summed E-state index contributed by atoms with van der Waals surface area (Å²) in [4.78, 5) is 28.0. The molecule has 6 nitrogen and oxygen atoms in total. The second kappa shape index (κ2) is 5.27. The van der Waals surface area contributed by atoms with Crippen LogP contribution in [0.5, 0.6) is 5.75 Å². The summed E-state index contributed by atoms with van der Waals surface area (Å²) in [5.41, 5.74) is 0.333. The molecule has 2 aromatic heterocycles. The molecule has 7 heteroatoms. The van der Waals surface area contributed by atoms with Crippen molar-refractivity contribution in [1.82, 2.24) is 9.55 Å². The van der Waals surface area contributed by atoms with E-state index in [1.54, 1.807) is 38.4 Å². The lowest BCUT2D eigenvalue weighted by molar-refractivity contribution is 0.0694. The summed E-state index contributed by atoms with van der Waals surface area (Å²) in [7, 11) is 1.58. The third-order valence-electron chi connectivity index (χ3n) is 3.30. The monoisotopic (exact) mass is 316 g/mol. The third-order valence-corrected chi connectivity index (χ3v) is 4.32. The maximum atomic E-state index is 12.4. The number of methoxy groups -OCH3 is 1. The smallest absolute Gasteiger partial charge is 0.341 e. The Hall–Kier alpha value is -2.67. The van der Waals surface area contributed by atoms with Crippen LogP contribution in [0, 0.1) is 6.92 Å². The Kier molecular flexibility index (Phi) is 3.42. The number of rotatable bonds is 3. The highest BCUT2D eigenvalue weighted by molar-refractivity contribution is 7.20. The van der Waals surface area contributed by atoms with Crippen LogP contribution in [-0.2, 0) is 0 Å². The first kappa shape index (κ1) is 14.3. The molecule has 112 valence electrons. The first-order valence-corrected chi connectivity index (χ1v) is 7.23. The number of pyridine rings is 1. The summed E-state index contributed by atoms with van der Waals surface area (Å²) in [6.45, 7) is 1.60. The second-order valence-electron chi connectivity index (χ2n) is 4.68. The van der Waals surface area contributed by atoms with Crippen LogP contribution < -0.4 is 10.3 Å². The number of hydrogen-bond donors (Lipinski definition) is 1. The third kappa shape index (κ3) is 2.25. The minimum Gasteiger partial charge on any atom is -0.497 e. The molecule has 0 bridgehead atoms. The molecule has 1 aromatic carbocycles. The molecular weight excluding hydrogens is 304 g/mol. The number of aromatic nitrogens is 2. The van der Waals surface area contributed by atoms with Crippen LogP contribution in [0.4, 0.5) is 0 Å². The van der Waals surface area contributed by atoms with Gasteiger partial charge in [0.2, 0.25) is 0 Å². The summed E-state index contributed by atoms with van der Waals surface area (Å²) >= 11 is 1.30. The zero-order valence-corrected chi connectivity index (χ0v) is 12.7. The molecule has 0 unspecified atom stereocenters. The minimum atomic E-state index is -1.24. The van der Waals surface area contributed by atoms with Crippen molar-refractivity contribution in [3.05, 3.63) is 51.9 Å². The van der Waals surface area contributed by atoms with Gasteiger partial charge in [-0.25, -0.2) is 9.78 Å². The average Bonchev–Trinajstić information content (AvgIpc) is 2.89. The molecule has 2 heterocycles. The predicted octanol–water partition coefficient (Wildman–Crippen LogP) is 2.46. The molecule has 0 saturated carbocycles. The Morgan fingerprint density at radius 1 is 1.36 bits per heavy atom. The van der Waals surface area contributed by atoms with Gasteiger partial charge < -0.3 is 9.84 Å². The van der Waals surface area contributed by atoms with Crippen molar-refractivity contribution in [2.45, 2.75) is 6.92 Å². The molecule has 0 aliphatic rings. The first-order chi connectivity index (χ1) is 10.5. The average molecular weight is 316 g/mol. The fourth-order valence-corrected chi connectivity index (χ4v) is 3.14. The van der Waals surface area contributed by atoms with E-state index < -0.39 is 11.5 Å². The van der Waals surface area contributed by atoms with Gasteiger partial charge in [0.1, 0.15) is 11.3 Å². The fourth-order valence-electron chi connectivity index (χ4n) is 2.16. The number of nitrogens with zero attached hydrogens (tertiary/aromatic N) is 2. The number of carboxylic acid groups (broad SMARTS) is 1. The van der Waals surface area contributed by atoms with E-state index in [0.717, 1.165) is 10.2 Å². The van der Waals surface area contributed by atoms with Gasteiger partial charge in [0.15, 0.2) is 5.13 Å². The minimum absolute atomic E-state index is 0.237. The molecule has 0 fully saturated rings. The largest absolute Gasteiger partial charge is 0.497 e. The van der Waals surface area contributed by atoms with Crippen molar-refractivity contribution in [2.24, 2.45) is 0 Å². The Morgan fingerprint density at radius 2 is 2.14 bits per heavy atom. The first-order valence-electron chi connectivity index (χ1n) is 6.42. The number of thiazole rings is 1. The Morgan fingerprint density at radius 3 is 2.82 bits per heavy atom. The van der Waals surface area contributed by atoms with E-state index in [0.29, 0.717) is 16.4 Å². The number of ether oxygens (including phenoxy) is 1. The highest BCUT2D eigenvalue weighted by atomic mass is 32.1. The van der Waals surface area contributed by atoms with Crippen LogP contribution in [0.3, 0.4) is 0 Å². The quantitative estimate of drug-likeness (QED) is 0.802. The molecule has 0 aliphatic carbocycles. The summed E-state index contributed by atoms with van der Waals surface area (Å²) in [6.07, 6.45) is 1.54. The van der Waals surface area contributed by atoms with Crippen molar-refractivity contribution < 1.29 is 14.6 Å². The van der Waals surface area contributed by atoms with Gasteiger partial charge in [-0.15, -0.1) is 0 Å². The molecule has 0 saturated heterocycles. The normalized spacial score (nSPS) is 10.8. The highest BCUT2D eigenvalue weighted by Crippen LogP contribution is 2.27. The predicted molar refractivity (Wildman–Crippen MR) is 83.5 cm³/mol. The van der Waals surface area contributed by atoms with Gasteiger partial charge in [0, 0.05) is 6.20 Å². The molecule has 0 amide bonds. The van der Waals surface area contributed by atoms with E-state index in [-0.39, 0.29) is 5.56 Å². The van der Waals surface area contributed by atoms with Gasteiger partial charge in [-0.3, -0.25) is 9.36 Å². The number of aromatic carboxylic acids is 1. The van der Waals surface area contributed by atoms with Gasteiger partial charge in [0.25, 0.3) is 5.56 Å². The van der Waals surface area contributed by atoms with E-state index in [9.17, 15) is 14.7 Å². The Bertz CT molecular complexity index is 942. The molecule has 0 aliphatic heterocycles. The van der Waals surface area contributed by atoms with Crippen molar-refractivity contribution >= 4 is 27.5 Å². The van der Waals surface area contributed by atoms with Gasteiger partial charge in [-0.2, -0.15) is 0 Å². The van der Waals surface area contributed by atoms with Crippen LogP contribution in [0.25, 0.3) is 15.3 Å². The van der Waals surface area contributed by atoms with Crippen molar-refractivity contribution in [2.75, 3.05) is 7.11 Å². The molecule has 0 atom stereocenters. The number of aryl methyl sites for hydroxylation is 1. The van der Waals surface area contributed by atoms with E-state index in [1.807, 2.05) is 6.07 Å². The molecule has 3 aromatic rings. The van der Waals surface area contributed by atoms with Crippen molar-refractivity contribution in [3.8, 4) is 10.9 Å². The van der Waals surface area contributed by atoms with Crippen LogP contribution in [0.15, 0.2) is 35.3 Å². The Labute approximate surface area is 129 Å². The van der Waals surface area contributed by atoms with E-state index in [2.05, 4.69) is 4.98 Å². The summed E-state index contributed by atoms with van der Waals surface area (Å²) in [5, 5.41) is 9.61. The van der Waals surface area contributed by atoms with Gasteiger partial charge in [-0.05, 0) is 36.8 Å². The highest BCUT2D eigenvalue weighted by Gasteiger charge is 2.17. The molecule has 22 heavy (non-hydrogen) atoms. The lowest BCUT2D eigenvalue weighted by Crippen LogP contribution is -2.25. The van der Waals surface area contributed by atoms with Gasteiger partial charge >= 0.3 is 5.97 Å². The second-order valence-corrected chi connectivity index (χ2v) is 5.69.